The van der Waals surface area contributed by atoms with Gasteiger partial charge in [-0.05, 0) is 0 Å². The molecule has 0 amide bonds. The Kier molecular flexibility index (Phi) is 0.710. The van der Waals surface area contributed by atoms with E-state index < -0.39 is 10.6 Å². The zero-order valence-electron chi connectivity index (χ0n) is 3.22. The summed E-state index contributed by atoms with van der Waals surface area (Å²) >= 11 is 0. The molecule has 0 saturated heterocycles. The third-order valence-corrected chi connectivity index (χ3v) is 0. The lowest BCUT2D eigenvalue weighted by atomic mass is 12.0. The van der Waals surface area contributed by atoms with Crippen LogP contribution in [0.2, 0.25) is 0 Å². The summed E-state index contributed by atoms with van der Waals surface area (Å²) in [7, 11) is -3.42. The fourth-order valence-corrected chi connectivity index (χ4v) is 0. The summed E-state index contributed by atoms with van der Waals surface area (Å²) in [6.07, 6.45) is 0.826. The van der Waals surface area contributed by atoms with Crippen LogP contribution in [0.3, 0.4) is 0 Å². The molecule has 0 rings (SSSR count). The third-order valence-electron chi connectivity index (χ3n) is 0. The van der Waals surface area contributed by atoms with Gasteiger partial charge in [-0.15, -0.1) is 0 Å². The fraction of sp³-hybridized carbons (Fsp3) is 1.00. The lowest BCUT2D eigenvalue weighted by Crippen LogP contribution is -1.56. The van der Waals surface area contributed by atoms with Gasteiger partial charge in [-0.1, -0.05) is 0 Å². The highest BCUT2D eigenvalue weighted by Crippen LogP contribution is 1.29. The molecule has 0 fully saturated rings. The van der Waals surface area contributed by atoms with Crippen LogP contribution in [0.4, 0.5) is 0 Å². The van der Waals surface area contributed by atoms with Gasteiger partial charge in [0.25, 0.3) is 0 Å². The third kappa shape index (κ3) is 704. The van der Waals surface area contributed by atoms with Crippen LogP contribution in [0.25, 0.3) is 0 Å². The van der Waals surface area contributed by atoms with Gasteiger partial charge in [0.05, 0.1) is 0 Å². The first-order chi connectivity index (χ1) is 2.00. The van der Waals surface area contributed by atoms with E-state index in [4.69, 9.17) is 1.12 Å². The second kappa shape index (κ2) is 1.29. The molecule has 0 spiro atoms. The molecule has 0 atom stereocenters. The van der Waals surface area contributed by atoms with Gasteiger partial charge >= 0.3 is 0 Å². The van der Waals surface area contributed by atoms with Crippen molar-refractivity contribution >= 4 is 10.6 Å². The summed E-state index contributed by atoms with van der Waals surface area (Å²) in [5.41, 5.74) is 0. The molecule has 0 heterocycles. The molecule has 0 bridgehead atoms. The topological polar surface area (TPSA) is 34.1 Å². The Labute approximate surface area is 27.5 Å². The highest BCUT2D eigenvalue weighted by atomic mass is 32.2. The zero-order valence-corrected chi connectivity index (χ0v) is 3.04. The molecule has 0 radical (unpaired) electrons. The molecule has 3 heteroatoms. The van der Waals surface area contributed by atoms with Gasteiger partial charge in [0.1, 0.15) is 10.6 Å². The van der Waals surface area contributed by atoms with Crippen LogP contribution in [0.15, 0.2) is 0 Å². The van der Waals surface area contributed by atoms with Crippen molar-refractivity contribution in [2.24, 2.45) is 0 Å². The van der Waals surface area contributed by atoms with Crippen LogP contribution in [-0.4, -0.2) is 15.8 Å². The summed E-state index contributed by atoms with van der Waals surface area (Å²) in [6.45, 7) is 0. The van der Waals surface area contributed by atoms with Crippen molar-refractivity contribution in [1.82, 2.24) is 0 Å². The van der Waals surface area contributed by atoms with Crippen LogP contribution in [-0.2, 0) is 10.6 Å². The number of rotatable bonds is 0. The number of hydrogen-bond acceptors (Lipinski definition) is 2. The van der Waals surface area contributed by atoms with E-state index in [0.717, 1.165) is 6.26 Å². The normalized spacial score (nSPS) is 14.8. The molecule has 0 aromatic heterocycles. The van der Waals surface area contributed by atoms with Gasteiger partial charge in [0.15, 0.2) is 1.12 Å². The van der Waals surface area contributed by atoms with E-state index in [9.17, 15) is 8.42 Å². The monoisotopic (exact) mass is 82.0 g/mol. The van der Waals surface area contributed by atoms with Crippen LogP contribution < -0.4 is 0 Å². The van der Waals surface area contributed by atoms with Crippen LogP contribution in [0.5, 0.6) is 0 Å². The number of hydrogen-bond donors (Lipinski definition) is 1. The first kappa shape index (κ1) is 2.20. The van der Waals surface area contributed by atoms with E-state index in [-0.39, 0.29) is 0 Å². The Morgan fingerprint density at radius 1 is 2.00 bits per heavy atom. The van der Waals surface area contributed by atoms with Crippen molar-refractivity contribution in [3.8, 4) is 0 Å². The van der Waals surface area contributed by atoms with Gasteiger partial charge in [-0.25, -0.2) is 8.42 Å². The van der Waals surface area contributed by atoms with Crippen molar-refractivity contribution < 1.29 is 8.42 Å². The van der Waals surface area contributed by atoms with Crippen molar-refractivity contribution in [2.75, 3.05) is 6.26 Å². The van der Waals surface area contributed by atoms with Crippen LogP contribution in [0, 0.1) is 0 Å². The molecular weight excluding hydrogens is 76.1 g/mol. The maximum atomic E-state index is 9.30. The quantitative estimate of drug-likeness (QED) is 0.389. The molecule has 4 heavy (non-hydrogen) atoms. The smallest absolute Gasteiger partial charge is 0.173 e. The van der Waals surface area contributed by atoms with E-state index in [0.29, 0.717) is 0 Å². The predicted octanol–water partition coefficient (Wildman–Crippen LogP) is -0.772. The summed E-state index contributed by atoms with van der Waals surface area (Å²) in [5, 5.41) is 0. The van der Waals surface area contributed by atoms with Crippen molar-refractivity contribution in [2.45, 2.75) is 0 Å². The van der Waals surface area contributed by atoms with E-state index in [1.54, 1.807) is 0 Å². The Morgan fingerprint density at radius 3 is 2.00 bits per heavy atom. The standard InChI is InChI=1S/CH4O2S/c1-4(2)3/h4H,1H3/i4T. The largest absolute Gasteiger partial charge is 0.232 e. The van der Waals surface area contributed by atoms with Crippen LogP contribution >= 0.6 is 0 Å². The van der Waals surface area contributed by atoms with E-state index in [2.05, 4.69) is 0 Å². The van der Waals surface area contributed by atoms with Gasteiger partial charge in [-0.3, -0.25) is 0 Å². The minimum Gasteiger partial charge on any atom is -0.232 e. The second-order valence-corrected chi connectivity index (χ2v) is 1.20. The Bertz CT molecular complexity index is 92.8. The summed E-state index contributed by atoms with van der Waals surface area (Å²) < 4.78 is 24.5. The molecule has 2 nitrogen and oxygen atoms in total. The fourth-order valence-electron chi connectivity index (χ4n) is 0. The van der Waals surface area contributed by atoms with Crippen LogP contribution in [0.1, 0.15) is 0 Å². The molecule has 0 N–H and O–H groups in total. The highest BCUT2D eigenvalue weighted by molar-refractivity contribution is 7.71. The molecule has 0 aromatic carbocycles. The first-order valence-corrected chi connectivity index (χ1v) is 2.22. The highest BCUT2D eigenvalue weighted by Gasteiger charge is 1.44. The molecule has 0 aromatic rings. The Morgan fingerprint density at radius 2 is 2.00 bits per heavy atom. The van der Waals surface area contributed by atoms with Gasteiger partial charge in [0, 0.05) is 6.26 Å². The summed E-state index contributed by atoms with van der Waals surface area (Å²) in [4.78, 5) is 0. The lowest BCUT2D eigenvalue weighted by Gasteiger charge is -1.41. The average Bonchev–Trinajstić information content (AvgIpc) is 0.722. The van der Waals surface area contributed by atoms with Gasteiger partial charge in [0.2, 0.25) is 0 Å². The average molecular weight is 82.1 g/mol. The van der Waals surface area contributed by atoms with E-state index in [1.165, 1.54) is 0 Å². The van der Waals surface area contributed by atoms with Crippen molar-refractivity contribution in [3.63, 3.8) is 0 Å². The molecule has 0 aliphatic rings. The van der Waals surface area contributed by atoms with Crippen molar-refractivity contribution in [3.05, 3.63) is 0 Å². The molecule has 26 valence electrons. The maximum absolute atomic E-state index is 9.30. The minimum atomic E-state index is -3.42. The maximum Gasteiger partial charge on any atom is 0.173 e. The molecule has 0 aliphatic heterocycles. The summed E-state index contributed by atoms with van der Waals surface area (Å²) in [5.74, 6) is 0. The molecule has 0 aliphatic carbocycles. The van der Waals surface area contributed by atoms with Gasteiger partial charge < -0.3 is 0 Å². The summed E-state index contributed by atoms with van der Waals surface area (Å²) in [6, 6.07) is 0. The zero-order chi connectivity index (χ0) is 4.50. The SMILES string of the molecule is [3H]S(C)(=O)=O. The minimum absolute atomic E-state index is 0.826. The first-order valence-electron chi connectivity index (χ1n) is 1.15. The van der Waals surface area contributed by atoms with E-state index >= 15 is 0 Å². The predicted molar refractivity (Wildman–Crippen MR) is 16.2 cm³/mol. The number of thiol groups is 1. The van der Waals surface area contributed by atoms with Crippen molar-refractivity contribution in [1.29, 1.82) is 1.12 Å². The Hall–Kier alpha value is -0.0500. The molecule has 0 saturated carbocycles. The molecular formula is CH4O2S. The van der Waals surface area contributed by atoms with E-state index in [1.807, 2.05) is 0 Å². The van der Waals surface area contributed by atoms with Gasteiger partial charge in [-0.2, -0.15) is 0 Å². The lowest BCUT2D eigenvalue weighted by molar-refractivity contribution is 0.619. The Balaban J connectivity index is 4.06. The second-order valence-electron chi connectivity index (χ2n) is 0.401. The molecule has 0 unspecified atom stereocenters.